The lowest BCUT2D eigenvalue weighted by molar-refractivity contribution is -0.385. The van der Waals surface area contributed by atoms with Crippen molar-refractivity contribution in [3.05, 3.63) is 39.9 Å². The fourth-order valence-corrected chi connectivity index (χ4v) is 1.64. The SMILES string of the molecule is CCCCC(Cl)OC(=O)c1ccccc1[N+](=O)[O-]. The van der Waals surface area contributed by atoms with Crippen LogP contribution in [-0.4, -0.2) is 16.5 Å². The molecule has 0 heterocycles. The highest BCUT2D eigenvalue weighted by Crippen LogP contribution is 2.20. The summed E-state index contributed by atoms with van der Waals surface area (Å²) in [6.45, 7) is 1.99. The van der Waals surface area contributed by atoms with Gasteiger partial charge in [-0.15, -0.1) is 0 Å². The van der Waals surface area contributed by atoms with Gasteiger partial charge in [0.1, 0.15) is 5.56 Å². The van der Waals surface area contributed by atoms with Gasteiger partial charge in [-0.25, -0.2) is 4.79 Å². The molecule has 1 aromatic rings. The van der Waals surface area contributed by atoms with Crippen molar-refractivity contribution in [1.82, 2.24) is 0 Å². The summed E-state index contributed by atoms with van der Waals surface area (Å²) in [5.41, 5.74) is -1.11. The van der Waals surface area contributed by atoms with E-state index in [2.05, 4.69) is 0 Å². The van der Waals surface area contributed by atoms with Gasteiger partial charge in [0, 0.05) is 6.07 Å². The molecule has 1 unspecified atom stereocenters. The van der Waals surface area contributed by atoms with E-state index in [-0.39, 0.29) is 11.3 Å². The van der Waals surface area contributed by atoms with Gasteiger partial charge in [-0.1, -0.05) is 37.1 Å². The van der Waals surface area contributed by atoms with Crippen LogP contribution in [0.1, 0.15) is 36.5 Å². The lowest BCUT2D eigenvalue weighted by atomic mass is 10.2. The third kappa shape index (κ3) is 4.00. The van der Waals surface area contributed by atoms with Crippen LogP contribution in [0, 0.1) is 10.1 Å². The molecule has 0 aliphatic rings. The summed E-state index contributed by atoms with van der Waals surface area (Å²) in [5.74, 6) is -0.765. The average Bonchev–Trinajstić information content (AvgIpc) is 2.36. The van der Waals surface area contributed by atoms with E-state index in [9.17, 15) is 14.9 Å². The predicted octanol–water partition coefficient (Wildman–Crippen LogP) is 3.51. The van der Waals surface area contributed by atoms with E-state index in [1.165, 1.54) is 18.2 Å². The number of esters is 1. The van der Waals surface area contributed by atoms with Crippen LogP contribution in [0.4, 0.5) is 5.69 Å². The summed E-state index contributed by atoms with van der Waals surface area (Å²) >= 11 is 5.82. The zero-order valence-electron chi connectivity index (χ0n) is 9.97. The molecule has 18 heavy (non-hydrogen) atoms. The molecule has 98 valence electrons. The minimum absolute atomic E-state index is 0.0790. The summed E-state index contributed by atoms with van der Waals surface area (Å²) in [7, 11) is 0. The van der Waals surface area contributed by atoms with Gasteiger partial charge in [0.25, 0.3) is 5.69 Å². The number of carbonyl (C=O) groups is 1. The van der Waals surface area contributed by atoms with Crippen molar-refractivity contribution < 1.29 is 14.5 Å². The van der Waals surface area contributed by atoms with E-state index in [0.717, 1.165) is 12.8 Å². The first-order valence-corrected chi connectivity index (χ1v) is 6.08. The van der Waals surface area contributed by atoms with Gasteiger partial charge in [-0.2, -0.15) is 0 Å². The van der Waals surface area contributed by atoms with Gasteiger partial charge in [0.05, 0.1) is 4.92 Å². The molecular formula is C12H14ClNO4. The molecule has 0 radical (unpaired) electrons. The largest absolute Gasteiger partial charge is 0.442 e. The number of ether oxygens (including phenoxy) is 1. The molecule has 0 N–H and O–H groups in total. The quantitative estimate of drug-likeness (QED) is 0.344. The average molecular weight is 272 g/mol. The highest BCUT2D eigenvalue weighted by molar-refractivity contribution is 6.20. The molecule has 0 bridgehead atoms. The molecule has 5 nitrogen and oxygen atoms in total. The maximum atomic E-state index is 11.7. The van der Waals surface area contributed by atoms with E-state index in [1.54, 1.807) is 6.07 Å². The van der Waals surface area contributed by atoms with E-state index in [0.29, 0.717) is 6.42 Å². The Labute approximate surface area is 110 Å². The molecule has 0 fully saturated rings. The Hall–Kier alpha value is -1.62. The van der Waals surface area contributed by atoms with Gasteiger partial charge >= 0.3 is 5.97 Å². The Kier molecular flexibility index (Phi) is 5.58. The van der Waals surface area contributed by atoms with Crippen molar-refractivity contribution in [2.45, 2.75) is 31.7 Å². The normalized spacial score (nSPS) is 11.9. The second kappa shape index (κ2) is 6.96. The van der Waals surface area contributed by atoms with E-state index in [4.69, 9.17) is 16.3 Å². The predicted molar refractivity (Wildman–Crippen MR) is 67.7 cm³/mol. The Morgan fingerprint density at radius 3 is 2.78 bits per heavy atom. The summed E-state index contributed by atoms with van der Waals surface area (Å²) < 4.78 is 4.95. The summed E-state index contributed by atoms with van der Waals surface area (Å²) in [4.78, 5) is 21.9. The van der Waals surface area contributed by atoms with Crippen molar-refractivity contribution >= 4 is 23.3 Å². The number of para-hydroxylation sites is 1. The van der Waals surface area contributed by atoms with Crippen LogP contribution in [0.15, 0.2) is 24.3 Å². The Morgan fingerprint density at radius 2 is 2.17 bits per heavy atom. The number of nitro benzene ring substituents is 1. The number of unbranched alkanes of at least 4 members (excludes halogenated alkanes) is 1. The monoisotopic (exact) mass is 271 g/mol. The minimum atomic E-state index is -0.765. The first-order chi connectivity index (χ1) is 8.56. The Balaban J connectivity index is 2.75. The molecule has 1 rings (SSSR count). The van der Waals surface area contributed by atoms with Gasteiger partial charge in [-0.05, 0) is 18.9 Å². The number of carbonyl (C=O) groups excluding carboxylic acids is 1. The summed E-state index contributed by atoms with van der Waals surface area (Å²) in [5, 5.41) is 10.7. The van der Waals surface area contributed by atoms with Crippen molar-refractivity contribution in [2.75, 3.05) is 0 Å². The molecule has 6 heteroatoms. The van der Waals surface area contributed by atoms with Crippen LogP contribution in [0.5, 0.6) is 0 Å². The number of halogens is 1. The number of benzene rings is 1. The number of hydrogen-bond acceptors (Lipinski definition) is 4. The molecule has 0 amide bonds. The van der Waals surface area contributed by atoms with Crippen LogP contribution < -0.4 is 0 Å². The second-order valence-electron chi connectivity index (χ2n) is 3.73. The lowest BCUT2D eigenvalue weighted by Crippen LogP contribution is -2.14. The molecule has 0 saturated carbocycles. The standard InChI is InChI=1S/C12H14ClNO4/c1-2-3-8-11(13)18-12(15)9-6-4-5-7-10(9)14(16)17/h4-7,11H,2-3,8H2,1H3. The summed E-state index contributed by atoms with van der Waals surface area (Å²) in [6, 6.07) is 5.64. The second-order valence-corrected chi connectivity index (χ2v) is 4.22. The lowest BCUT2D eigenvalue weighted by Gasteiger charge is -2.10. The highest BCUT2D eigenvalue weighted by atomic mass is 35.5. The van der Waals surface area contributed by atoms with Crippen LogP contribution >= 0.6 is 11.6 Å². The number of rotatable bonds is 6. The number of alkyl halides is 1. The summed E-state index contributed by atoms with van der Waals surface area (Å²) in [6.07, 6.45) is 2.30. The maximum Gasteiger partial charge on any atom is 0.346 e. The highest BCUT2D eigenvalue weighted by Gasteiger charge is 2.22. The number of nitrogens with zero attached hydrogens (tertiary/aromatic N) is 1. The molecule has 0 aromatic heterocycles. The molecule has 1 atom stereocenters. The van der Waals surface area contributed by atoms with Crippen molar-refractivity contribution in [3.8, 4) is 0 Å². The van der Waals surface area contributed by atoms with E-state index in [1.807, 2.05) is 6.92 Å². The van der Waals surface area contributed by atoms with Crippen molar-refractivity contribution in [1.29, 1.82) is 0 Å². The fourth-order valence-electron chi connectivity index (χ4n) is 1.41. The van der Waals surface area contributed by atoms with Crippen molar-refractivity contribution in [2.24, 2.45) is 0 Å². The Bertz CT molecular complexity index is 436. The molecule has 0 spiro atoms. The molecule has 0 aliphatic carbocycles. The van der Waals surface area contributed by atoms with Crippen LogP contribution in [-0.2, 0) is 4.74 Å². The zero-order valence-corrected chi connectivity index (χ0v) is 10.7. The molecule has 0 aliphatic heterocycles. The van der Waals surface area contributed by atoms with Gasteiger partial charge < -0.3 is 4.74 Å². The third-order valence-corrected chi connectivity index (χ3v) is 2.65. The smallest absolute Gasteiger partial charge is 0.346 e. The van der Waals surface area contributed by atoms with Crippen molar-refractivity contribution in [3.63, 3.8) is 0 Å². The topological polar surface area (TPSA) is 69.4 Å². The maximum absolute atomic E-state index is 11.7. The van der Waals surface area contributed by atoms with Crippen LogP contribution in [0.25, 0.3) is 0 Å². The van der Waals surface area contributed by atoms with E-state index >= 15 is 0 Å². The van der Waals surface area contributed by atoms with Crippen LogP contribution in [0.3, 0.4) is 0 Å². The van der Waals surface area contributed by atoms with E-state index < -0.39 is 16.5 Å². The molecular weight excluding hydrogens is 258 g/mol. The van der Waals surface area contributed by atoms with Crippen LogP contribution in [0.2, 0.25) is 0 Å². The zero-order chi connectivity index (χ0) is 13.5. The van der Waals surface area contributed by atoms with Gasteiger partial charge in [0.2, 0.25) is 0 Å². The third-order valence-electron chi connectivity index (χ3n) is 2.34. The minimum Gasteiger partial charge on any atom is -0.442 e. The first-order valence-electron chi connectivity index (χ1n) is 5.64. The molecule has 1 aromatic carbocycles. The first kappa shape index (κ1) is 14.4. The molecule has 0 saturated heterocycles. The number of nitro groups is 1. The van der Waals surface area contributed by atoms with Gasteiger partial charge in [-0.3, -0.25) is 10.1 Å². The Morgan fingerprint density at radius 1 is 1.50 bits per heavy atom. The number of hydrogen-bond donors (Lipinski definition) is 0. The van der Waals surface area contributed by atoms with Gasteiger partial charge in [0.15, 0.2) is 5.56 Å². The fraction of sp³-hybridized carbons (Fsp3) is 0.417.